The van der Waals surface area contributed by atoms with Gasteiger partial charge in [-0.1, -0.05) is 36.2 Å². The second-order valence-electron chi connectivity index (χ2n) is 1.70. The summed E-state index contributed by atoms with van der Waals surface area (Å²) in [7, 11) is 0. The van der Waals surface area contributed by atoms with Crippen molar-refractivity contribution in [3.8, 4) is 0 Å². The first-order chi connectivity index (χ1) is 4.61. The van der Waals surface area contributed by atoms with Crippen LogP contribution < -0.4 is 11.5 Å². The normalized spacial score (nSPS) is 24.6. The Balaban J connectivity index is 2.78. The van der Waals surface area contributed by atoms with E-state index < -0.39 is 0 Å². The van der Waals surface area contributed by atoms with Crippen LogP contribution in [0.1, 0.15) is 0 Å². The highest BCUT2D eigenvalue weighted by Crippen LogP contribution is 2.21. The molecule has 0 aromatic heterocycles. The maximum Gasteiger partial charge on any atom is 0.162 e. The van der Waals surface area contributed by atoms with Crippen LogP contribution in [0, 0.1) is 0 Å². The number of thioether (sulfide) groups is 1. The minimum atomic E-state index is -0.178. The second-order valence-corrected chi connectivity index (χ2v) is 3.91. The molecule has 0 bridgehead atoms. The van der Waals surface area contributed by atoms with E-state index in [1.54, 1.807) is 0 Å². The Kier molecular flexibility index (Phi) is 2.22. The van der Waals surface area contributed by atoms with E-state index in [0.717, 1.165) is 0 Å². The minimum absolute atomic E-state index is 0.178. The van der Waals surface area contributed by atoms with E-state index in [-0.39, 0.29) is 5.25 Å². The van der Waals surface area contributed by atoms with Gasteiger partial charge in [0, 0.05) is 0 Å². The van der Waals surface area contributed by atoms with E-state index in [2.05, 4.69) is 4.99 Å². The summed E-state index contributed by atoms with van der Waals surface area (Å²) in [6.07, 6.45) is 0. The van der Waals surface area contributed by atoms with Crippen LogP contribution in [0.5, 0.6) is 0 Å². The summed E-state index contributed by atoms with van der Waals surface area (Å²) in [6.45, 7) is 0. The Morgan fingerprint density at radius 1 is 1.70 bits per heavy atom. The standard InChI is InChI=1S/C4H5N3S3/c5-2-1(3(6)8)10-4(9)7-2/h1H,(H2,6,8)(H2,5,7,9). The van der Waals surface area contributed by atoms with E-state index in [9.17, 15) is 0 Å². The largest absolute Gasteiger partial charge is 0.392 e. The zero-order chi connectivity index (χ0) is 7.72. The predicted molar refractivity (Wildman–Crippen MR) is 52.4 cm³/mol. The predicted octanol–water partition coefficient (Wildman–Crippen LogP) is 0.0300. The maximum atomic E-state index is 5.44. The fourth-order valence-electron chi connectivity index (χ4n) is 0.555. The summed E-state index contributed by atoms with van der Waals surface area (Å²) in [5.74, 6) is 0.419. The summed E-state index contributed by atoms with van der Waals surface area (Å²) < 4.78 is 0.510. The molecule has 1 aliphatic heterocycles. The molecule has 54 valence electrons. The number of hydrogen-bond acceptors (Lipinski definition) is 4. The monoisotopic (exact) mass is 191 g/mol. The van der Waals surface area contributed by atoms with Crippen molar-refractivity contribution in [3.05, 3.63) is 0 Å². The van der Waals surface area contributed by atoms with Crippen molar-refractivity contribution in [2.24, 2.45) is 16.5 Å². The molecule has 0 saturated heterocycles. The van der Waals surface area contributed by atoms with Gasteiger partial charge in [0.1, 0.15) is 11.1 Å². The molecule has 3 nitrogen and oxygen atoms in total. The molecule has 4 N–H and O–H groups in total. The van der Waals surface area contributed by atoms with Crippen molar-refractivity contribution in [2.75, 3.05) is 0 Å². The van der Waals surface area contributed by atoms with Gasteiger partial charge in [0.25, 0.3) is 0 Å². The van der Waals surface area contributed by atoms with E-state index >= 15 is 0 Å². The van der Waals surface area contributed by atoms with Gasteiger partial charge in [0.2, 0.25) is 0 Å². The Morgan fingerprint density at radius 3 is 2.50 bits per heavy atom. The summed E-state index contributed by atoms with van der Waals surface area (Å²) in [4.78, 5) is 4.15. The van der Waals surface area contributed by atoms with Gasteiger partial charge in [-0.25, -0.2) is 4.99 Å². The van der Waals surface area contributed by atoms with Gasteiger partial charge >= 0.3 is 0 Å². The molecular weight excluding hydrogens is 186 g/mol. The second kappa shape index (κ2) is 2.81. The molecule has 1 aliphatic rings. The molecule has 0 aromatic carbocycles. The van der Waals surface area contributed by atoms with Gasteiger partial charge in [0.15, 0.2) is 4.32 Å². The number of hydrogen-bond donors (Lipinski definition) is 2. The molecular formula is C4H5N3S3. The molecule has 6 heteroatoms. The molecule has 0 radical (unpaired) electrons. The first-order valence-electron chi connectivity index (χ1n) is 2.45. The lowest BCUT2D eigenvalue weighted by Crippen LogP contribution is -2.34. The Morgan fingerprint density at radius 2 is 2.30 bits per heavy atom. The molecule has 0 saturated carbocycles. The van der Waals surface area contributed by atoms with Crippen molar-refractivity contribution in [3.63, 3.8) is 0 Å². The van der Waals surface area contributed by atoms with E-state index in [1.165, 1.54) is 11.8 Å². The summed E-state index contributed by atoms with van der Waals surface area (Å²) in [5.41, 5.74) is 10.8. The highest BCUT2D eigenvalue weighted by atomic mass is 32.2. The lowest BCUT2D eigenvalue weighted by molar-refractivity contribution is 1.48. The highest BCUT2D eigenvalue weighted by Gasteiger charge is 2.25. The number of nitrogens with zero attached hydrogens (tertiary/aromatic N) is 1. The average molecular weight is 191 g/mol. The number of nitrogens with two attached hydrogens (primary N) is 2. The summed E-state index contributed by atoms with van der Waals surface area (Å²) in [5, 5.41) is -0.178. The van der Waals surface area contributed by atoms with Gasteiger partial charge < -0.3 is 11.5 Å². The third kappa shape index (κ3) is 1.44. The van der Waals surface area contributed by atoms with Crippen molar-refractivity contribution in [1.82, 2.24) is 0 Å². The van der Waals surface area contributed by atoms with Gasteiger partial charge in [-0.2, -0.15) is 0 Å². The number of rotatable bonds is 1. The number of aliphatic imine (C=N–C) groups is 1. The molecule has 1 rings (SSSR count). The van der Waals surface area contributed by atoms with Crippen molar-refractivity contribution < 1.29 is 0 Å². The van der Waals surface area contributed by atoms with Gasteiger partial charge in [0.05, 0.1) is 4.99 Å². The maximum absolute atomic E-state index is 5.44. The average Bonchev–Trinajstić information content (AvgIpc) is 2.10. The van der Waals surface area contributed by atoms with Gasteiger partial charge in [-0.05, 0) is 0 Å². The number of thiocarbonyl (C=S) groups is 2. The van der Waals surface area contributed by atoms with Crippen LogP contribution in [0.15, 0.2) is 4.99 Å². The Labute approximate surface area is 73.2 Å². The Hall–Kier alpha value is -0.200. The first kappa shape index (κ1) is 7.90. The smallest absolute Gasteiger partial charge is 0.162 e. The van der Waals surface area contributed by atoms with Crippen LogP contribution in [0.25, 0.3) is 0 Å². The van der Waals surface area contributed by atoms with Crippen LogP contribution in [-0.2, 0) is 0 Å². The zero-order valence-corrected chi connectivity index (χ0v) is 7.35. The minimum Gasteiger partial charge on any atom is -0.392 e. The third-order valence-corrected chi connectivity index (χ3v) is 2.76. The van der Waals surface area contributed by atoms with Crippen LogP contribution in [0.2, 0.25) is 0 Å². The molecule has 0 spiro atoms. The Bertz CT molecular complexity index is 222. The quantitative estimate of drug-likeness (QED) is 0.573. The molecule has 0 fully saturated rings. The van der Waals surface area contributed by atoms with Gasteiger partial charge in [-0.3, -0.25) is 0 Å². The van der Waals surface area contributed by atoms with E-state index in [1.807, 2.05) is 0 Å². The van der Waals surface area contributed by atoms with Gasteiger partial charge in [-0.15, -0.1) is 0 Å². The fourth-order valence-corrected chi connectivity index (χ4v) is 1.86. The first-order valence-corrected chi connectivity index (χ1v) is 4.15. The van der Waals surface area contributed by atoms with Crippen molar-refractivity contribution >= 4 is 51.3 Å². The molecule has 1 atom stereocenters. The van der Waals surface area contributed by atoms with Crippen molar-refractivity contribution in [2.45, 2.75) is 5.25 Å². The number of amidine groups is 1. The summed E-state index contributed by atoms with van der Waals surface area (Å²) in [6, 6.07) is 0. The molecule has 0 aromatic rings. The molecule has 1 unspecified atom stereocenters. The van der Waals surface area contributed by atoms with Crippen molar-refractivity contribution in [1.29, 1.82) is 0 Å². The van der Waals surface area contributed by atoms with E-state index in [4.69, 9.17) is 35.9 Å². The highest BCUT2D eigenvalue weighted by molar-refractivity contribution is 8.25. The third-order valence-electron chi connectivity index (χ3n) is 0.966. The zero-order valence-electron chi connectivity index (χ0n) is 4.90. The van der Waals surface area contributed by atoms with Crippen LogP contribution in [-0.4, -0.2) is 20.4 Å². The fraction of sp³-hybridized carbons (Fsp3) is 0.250. The summed E-state index contributed by atoms with van der Waals surface area (Å²) >= 11 is 10.8. The molecule has 1 heterocycles. The lowest BCUT2D eigenvalue weighted by atomic mass is 10.4. The topological polar surface area (TPSA) is 64.4 Å². The van der Waals surface area contributed by atoms with Crippen LogP contribution >= 0.6 is 36.2 Å². The van der Waals surface area contributed by atoms with E-state index in [0.29, 0.717) is 15.1 Å². The van der Waals surface area contributed by atoms with Crippen LogP contribution in [0.4, 0.5) is 0 Å². The SMILES string of the molecule is NC(=S)C1SC(=S)N=C1N. The molecule has 10 heavy (non-hydrogen) atoms. The molecule has 0 aliphatic carbocycles. The van der Waals surface area contributed by atoms with Crippen LogP contribution in [0.3, 0.4) is 0 Å². The lowest BCUT2D eigenvalue weighted by Gasteiger charge is -2.03. The molecule has 0 amide bonds.